The minimum Gasteiger partial charge on any atom is -0.445 e. The van der Waals surface area contributed by atoms with Crippen molar-refractivity contribution in [2.45, 2.75) is 12.8 Å². The van der Waals surface area contributed by atoms with Crippen molar-refractivity contribution in [3.63, 3.8) is 0 Å². The molecule has 0 saturated carbocycles. The summed E-state index contributed by atoms with van der Waals surface area (Å²) in [6.07, 6.45) is -5.53. The summed E-state index contributed by atoms with van der Waals surface area (Å²) in [6.45, 7) is 2.51. The van der Waals surface area contributed by atoms with E-state index < -0.39 is 24.1 Å². The highest BCUT2D eigenvalue weighted by atomic mass is 19.4. The molecule has 1 aliphatic rings. The molecule has 0 aliphatic carbocycles. The molecule has 0 spiro atoms. The normalized spacial score (nSPS) is 14.5. The first-order valence-corrected chi connectivity index (χ1v) is 7.66. The molecule has 142 valence electrons. The van der Waals surface area contributed by atoms with Crippen molar-refractivity contribution >= 4 is 17.9 Å². The Labute approximate surface area is 146 Å². The number of nitrogens with zero attached hydrogens (tertiary/aromatic N) is 1. The van der Waals surface area contributed by atoms with Crippen LogP contribution in [-0.4, -0.2) is 55.2 Å². The van der Waals surface area contributed by atoms with Gasteiger partial charge < -0.3 is 15.0 Å². The third kappa shape index (κ3) is 5.62. The van der Waals surface area contributed by atoms with E-state index in [1.54, 1.807) is 10.3 Å². The maximum atomic E-state index is 12.0. The molecule has 1 aromatic carbocycles. The van der Waals surface area contributed by atoms with Gasteiger partial charge in [-0.2, -0.15) is 13.2 Å². The third-order valence-electron chi connectivity index (χ3n) is 3.50. The Morgan fingerprint density at radius 3 is 2.27 bits per heavy atom. The van der Waals surface area contributed by atoms with Crippen LogP contribution >= 0.6 is 0 Å². The molecule has 0 radical (unpaired) electrons. The fraction of sp³-hybridized carbons (Fsp3) is 0.400. The van der Waals surface area contributed by atoms with Gasteiger partial charge in [-0.25, -0.2) is 4.79 Å². The molecule has 11 heteroatoms. The number of benzene rings is 1. The van der Waals surface area contributed by atoms with Crippen molar-refractivity contribution in [1.82, 2.24) is 21.1 Å². The first-order chi connectivity index (χ1) is 12.3. The van der Waals surface area contributed by atoms with Crippen molar-refractivity contribution in [2.24, 2.45) is 0 Å². The Hall–Kier alpha value is -2.82. The second kappa shape index (κ2) is 8.52. The monoisotopic (exact) mass is 374 g/mol. The zero-order valence-electron chi connectivity index (χ0n) is 13.6. The lowest BCUT2D eigenvalue weighted by Crippen LogP contribution is -2.47. The first-order valence-electron chi connectivity index (χ1n) is 7.66. The first kappa shape index (κ1) is 19.5. The van der Waals surface area contributed by atoms with E-state index in [1.165, 1.54) is 29.7 Å². The summed E-state index contributed by atoms with van der Waals surface area (Å²) in [6, 6.07) is 5.66. The van der Waals surface area contributed by atoms with E-state index >= 15 is 0 Å². The lowest BCUT2D eigenvalue weighted by atomic mass is 10.1. The molecule has 0 unspecified atom stereocenters. The van der Waals surface area contributed by atoms with Gasteiger partial charge >= 0.3 is 18.2 Å². The number of amides is 3. The van der Waals surface area contributed by atoms with E-state index in [4.69, 9.17) is 4.74 Å². The number of hydrogen-bond donors (Lipinski definition) is 3. The Morgan fingerprint density at radius 2 is 1.69 bits per heavy atom. The largest absolute Gasteiger partial charge is 0.472 e. The van der Waals surface area contributed by atoms with Gasteiger partial charge in [-0.05, 0) is 17.7 Å². The number of carbonyl (C=O) groups excluding carboxylic acids is 3. The van der Waals surface area contributed by atoms with Gasteiger partial charge in [-0.3, -0.25) is 20.4 Å². The zero-order valence-corrected chi connectivity index (χ0v) is 13.6. The van der Waals surface area contributed by atoms with Crippen LogP contribution in [0.15, 0.2) is 24.3 Å². The number of alkyl halides is 3. The van der Waals surface area contributed by atoms with Gasteiger partial charge in [-0.1, -0.05) is 12.1 Å². The summed E-state index contributed by atoms with van der Waals surface area (Å²) in [7, 11) is 0. The van der Waals surface area contributed by atoms with Crippen LogP contribution in [-0.2, 0) is 16.1 Å². The lowest BCUT2D eigenvalue weighted by Gasteiger charge is -2.26. The summed E-state index contributed by atoms with van der Waals surface area (Å²) in [5.74, 6) is -3.19. The van der Waals surface area contributed by atoms with Crippen LogP contribution in [0, 0.1) is 0 Å². The zero-order chi connectivity index (χ0) is 19.2. The Balaban J connectivity index is 1.80. The molecule has 0 atom stereocenters. The van der Waals surface area contributed by atoms with Crippen molar-refractivity contribution < 1.29 is 32.3 Å². The van der Waals surface area contributed by atoms with E-state index in [1.807, 2.05) is 0 Å². The summed E-state index contributed by atoms with van der Waals surface area (Å²) in [5, 5.41) is 3.11. The number of hydrazine groups is 1. The molecule has 1 heterocycles. The summed E-state index contributed by atoms with van der Waals surface area (Å²) in [5.41, 5.74) is 3.56. The number of ether oxygens (including phenoxy) is 1. The molecule has 8 nitrogen and oxygen atoms in total. The fourth-order valence-corrected chi connectivity index (χ4v) is 2.09. The third-order valence-corrected chi connectivity index (χ3v) is 3.50. The van der Waals surface area contributed by atoms with E-state index in [9.17, 15) is 27.6 Å². The maximum absolute atomic E-state index is 12.0. The number of halogens is 3. The van der Waals surface area contributed by atoms with Gasteiger partial charge in [0.1, 0.15) is 6.61 Å². The summed E-state index contributed by atoms with van der Waals surface area (Å²) < 4.78 is 41.2. The molecule has 0 aromatic heterocycles. The SMILES string of the molecule is O=C(NNC(=O)C(F)(F)F)c1ccc(COC(=O)N2CCNCC2)cc1. The number of nitrogens with one attached hydrogen (secondary N) is 3. The number of hydrogen-bond acceptors (Lipinski definition) is 5. The standard InChI is InChI=1S/C15H17F3N4O4/c16-15(17,18)13(24)21-20-12(23)11-3-1-10(2-4-11)9-26-14(25)22-7-5-19-6-8-22/h1-4,19H,5-9H2,(H,20,23)(H,21,24). The average molecular weight is 374 g/mol. The van der Waals surface area contributed by atoms with Crippen LogP contribution in [0.4, 0.5) is 18.0 Å². The van der Waals surface area contributed by atoms with Crippen molar-refractivity contribution in [3.05, 3.63) is 35.4 Å². The van der Waals surface area contributed by atoms with Crippen LogP contribution in [0.1, 0.15) is 15.9 Å². The molecule has 1 aromatic rings. The van der Waals surface area contributed by atoms with Crippen molar-refractivity contribution in [3.8, 4) is 0 Å². The van der Waals surface area contributed by atoms with Crippen LogP contribution in [0.25, 0.3) is 0 Å². The lowest BCUT2D eigenvalue weighted by molar-refractivity contribution is -0.174. The van der Waals surface area contributed by atoms with E-state index in [-0.39, 0.29) is 12.2 Å². The molecule has 0 bridgehead atoms. The highest BCUT2D eigenvalue weighted by Crippen LogP contribution is 2.13. The topological polar surface area (TPSA) is 99.8 Å². The predicted octanol–water partition coefficient (Wildman–Crippen LogP) is 0.552. The van der Waals surface area contributed by atoms with Gasteiger partial charge in [-0.15, -0.1) is 0 Å². The number of carbonyl (C=O) groups is 3. The van der Waals surface area contributed by atoms with E-state index in [2.05, 4.69) is 5.32 Å². The number of rotatable bonds is 3. The van der Waals surface area contributed by atoms with E-state index in [0.717, 1.165) is 0 Å². The second-order valence-corrected chi connectivity index (χ2v) is 5.39. The smallest absolute Gasteiger partial charge is 0.445 e. The van der Waals surface area contributed by atoms with E-state index in [0.29, 0.717) is 31.7 Å². The maximum Gasteiger partial charge on any atom is 0.472 e. The predicted molar refractivity (Wildman–Crippen MR) is 82.7 cm³/mol. The van der Waals surface area contributed by atoms with Gasteiger partial charge in [0.15, 0.2) is 0 Å². The average Bonchev–Trinajstić information content (AvgIpc) is 2.64. The quantitative estimate of drug-likeness (QED) is 0.671. The number of piperazine rings is 1. The van der Waals surface area contributed by atoms with Crippen molar-refractivity contribution in [2.75, 3.05) is 26.2 Å². The minimum atomic E-state index is -5.09. The van der Waals surface area contributed by atoms with Gasteiger partial charge in [0.25, 0.3) is 5.91 Å². The summed E-state index contributed by atoms with van der Waals surface area (Å²) >= 11 is 0. The van der Waals surface area contributed by atoms with Crippen LogP contribution in [0.5, 0.6) is 0 Å². The second-order valence-electron chi connectivity index (χ2n) is 5.39. The molecule has 3 amide bonds. The molecule has 3 N–H and O–H groups in total. The Bertz CT molecular complexity index is 658. The van der Waals surface area contributed by atoms with Crippen LogP contribution in [0.3, 0.4) is 0 Å². The molecule has 26 heavy (non-hydrogen) atoms. The molecular formula is C15H17F3N4O4. The van der Waals surface area contributed by atoms with Crippen LogP contribution < -0.4 is 16.2 Å². The van der Waals surface area contributed by atoms with Gasteiger partial charge in [0, 0.05) is 31.7 Å². The van der Waals surface area contributed by atoms with Crippen molar-refractivity contribution in [1.29, 1.82) is 0 Å². The molecular weight excluding hydrogens is 357 g/mol. The van der Waals surface area contributed by atoms with Gasteiger partial charge in [0.2, 0.25) is 0 Å². The molecule has 2 rings (SSSR count). The minimum absolute atomic E-state index is 0.00449. The Morgan fingerprint density at radius 1 is 1.08 bits per heavy atom. The molecule has 1 aliphatic heterocycles. The van der Waals surface area contributed by atoms with Gasteiger partial charge in [0.05, 0.1) is 0 Å². The molecule has 1 saturated heterocycles. The molecule has 1 fully saturated rings. The highest BCUT2D eigenvalue weighted by molar-refractivity contribution is 5.95. The summed E-state index contributed by atoms with van der Waals surface area (Å²) in [4.78, 5) is 35.7. The Kier molecular flexibility index (Phi) is 6.39. The van der Waals surface area contributed by atoms with Crippen LogP contribution in [0.2, 0.25) is 0 Å². The fourth-order valence-electron chi connectivity index (χ4n) is 2.09. The highest BCUT2D eigenvalue weighted by Gasteiger charge is 2.38.